The van der Waals surface area contributed by atoms with Crippen molar-refractivity contribution in [2.45, 2.75) is 6.92 Å². The second kappa shape index (κ2) is 40.0. The Balaban J connectivity index is 0.000000138. The SMILES string of the molecule is C/C(=N\Nc1ccc([N+](=O)[O-])cc1[N+](=O)[O-])c1ccc2n[nH]nc2c1.CN(C)c1cc2n[nH]nc2cc1N=Nc1ccc(C=O)cc1.CN(C)c1ccc2n[nH]nc2c1.CN(C)c1ccc2n[nH]nc2c1N=Nc1ccc(C=O)cc1.O=Cc1ccc(N=Nc2c(O)ccc3n[nH]nc23)cc1.O=[N+]([O-])c1ccc(N/N=C/c2ccc3n[nH]nc3c2)c([N+](=O)[O-])c1. The molecule has 0 aliphatic rings. The van der Waals surface area contributed by atoms with Crippen molar-refractivity contribution in [2.75, 3.05) is 67.8 Å². The van der Waals surface area contributed by atoms with Gasteiger partial charge in [-0.3, -0.25) is 65.7 Å². The maximum atomic E-state index is 11.1. The Labute approximate surface area is 700 Å². The highest BCUT2D eigenvalue weighted by molar-refractivity contribution is 6.01. The minimum atomic E-state index is -0.716. The minimum absolute atomic E-state index is 0.0281. The number of hydrogen-bond donors (Lipinski definition) is 9. The van der Waals surface area contributed by atoms with E-state index in [0.29, 0.717) is 95.0 Å². The number of hydrogen-bond acceptors (Lipinski definition) is 37. The van der Waals surface area contributed by atoms with Crippen molar-refractivity contribution in [2.24, 2.45) is 40.9 Å². The van der Waals surface area contributed by atoms with E-state index in [9.17, 15) is 59.9 Å². The predicted octanol–water partition coefficient (Wildman–Crippen LogP) is 15.2. The van der Waals surface area contributed by atoms with Gasteiger partial charge in [-0.2, -0.15) is 118 Å². The van der Waals surface area contributed by atoms with Gasteiger partial charge in [0.15, 0.2) is 5.69 Å². The highest BCUT2D eigenvalue weighted by atomic mass is 16.6. The second-order valence-corrected chi connectivity index (χ2v) is 26.5. The lowest BCUT2D eigenvalue weighted by Gasteiger charge is -2.14. The molecule has 0 aliphatic carbocycles. The molecule has 125 heavy (non-hydrogen) atoms. The predicted molar refractivity (Wildman–Crippen MR) is 463 cm³/mol. The molecule has 47 heteroatoms. The summed E-state index contributed by atoms with van der Waals surface area (Å²) in [7, 11) is 11.7. The molecule has 626 valence electrons. The minimum Gasteiger partial charge on any atom is -0.506 e. The molecule has 0 saturated carbocycles. The van der Waals surface area contributed by atoms with Crippen LogP contribution < -0.4 is 25.6 Å². The molecule has 0 spiro atoms. The van der Waals surface area contributed by atoms with Crippen LogP contribution in [0.1, 0.15) is 49.1 Å². The first-order valence-corrected chi connectivity index (χ1v) is 36.4. The van der Waals surface area contributed by atoms with Crippen molar-refractivity contribution in [3.8, 4) is 5.75 Å². The number of nitro groups is 4. The normalized spacial score (nSPS) is 11.1. The first-order chi connectivity index (χ1) is 60.4. The van der Waals surface area contributed by atoms with E-state index in [4.69, 9.17) is 0 Å². The van der Waals surface area contributed by atoms with Crippen LogP contribution in [0.15, 0.2) is 241 Å². The lowest BCUT2D eigenvalue weighted by atomic mass is 10.1. The summed E-state index contributed by atoms with van der Waals surface area (Å²) in [5, 5.41) is 150. The molecule has 17 aromatic rings. The number of carbonyl (C=O) groups excluding carboxylic acids is 3. The van der Waals surface area contributed by atoms with Gasteiger partial charge in [-0.1, -0.05) is 12.1 Å². The number of nitrogens with zero attached hydrogens (tertiary/aromatic N) is 27. The fourth-order valence-electron chi connectivity index (χ4n) is 11.1. The average molecular weight is 1690 g/mol. The number of phenolic OH excluding ortho intramolecular Hbond substituents is 1. The van der Waals surface area contributed by atoms with E-state index < -0.39 is 31.1 Å². The first-order valence-electron chi connectivity index (χ1n) is 36.4. The number of fused-ring (bicyclic) bond motifs is 6. The van der Waals surface area contributed by atoms with E-state index in [1.54, 1.807) is 122 Å². The standard InChI is InChI=1S/2C15H14N6O.C14H11N7O4.C13H9N7O4.C13H9N5O2.C8H10N4/c1-21(2)15-8-13-12(18-20-19-13)7-14(15)17-16-11-5-3-10(9-22)4-6-11;1-21(2)13-8-7-12-14(19-20-17-12)15(13)18-16-11-5-3-10(9-22)4-6-11;1-8(9-2-4-11-13(6-9)18-19-17-11)15-16-12-5-3-10(20(22)23)7-14(12)21(24)25;21-19(22)9-2-4-11(13(6-9)20(23)24)15-14-7-8-1-3-10-12(5-8)17-18-16-10;19-7-8-1-3-9(4-2-8)14-16-13-11(20)6-5-10-12(13)17-18-15-10;1-12(2)6-3-4-7-8(5-6)10-11-9-7/h3-9H,1-2H3,(H,18,19,20);3-9H,1-2H3,(H,17,19,20);2-7,16H,1H3,(H,17,18,19);1-7,15H,(H,16,17,18);1-7,20H,(H,15,17,18);3-5H,1-2H3,(H,9,10,11)/b;;15-8+;14-7+;;. The number of aromatic hydroxyl groups is 1. The van der Waals surface area contributed by atoms with Crippen molar-refractivity contribution < 1.29 is 39.2 Å². The van der Waals surface area contributed by atoms with Crippen LogP contribution in [0.4, 0.5) is 85.3 Å². The number of aldehydes is 3. The van der Waals surface area contributed by atoms with Crippen molar-refractivity contribution in [1.29, 1.82) is 0 Å². The van der Waals surface area contributed by atoms with E-state index in [-0.39, 0.29) is 34.2 Å². The Hall–Kier alpha value is -18.6. The summed E-state index contributed by atoms with van der Waals surface area (Å²) >= 11 is 0. The molecule has 0 unspecified atom stereocenters. The molecule has 11 aromatic carbocycles. The zero-order chi connectivity index (χ0) is 88.6. The van der Waals surface area contributed by atoms with Gasteiger partial charge in [0.1, 0.15) is 114 Å². The number of nitrogens with one attached hydrogen (secondary N) is 8. The van der Waals surface area contributed by atoms with Gasteiger partial charge in [-0.05, 0) is 182 Å². The van der Waals surface area contributed by atoms with Crippen LogP contribution >= 0.6 is 0 Å². The number of aromatic amines is 6. The van der Waals surface area contributed by atoms with Gasteiger partial charge in [-0.15, -0.1) is 15.3 Å². The van der Waals surface area contributed by atoms with Crippen LogP contribution in [0.5, 0.6) is 5.75 Å². The number of anilines is 5. The summed E-state index contributed by atoms with van der Waals surface area (Å²) in [5.74, 6) is -0.0281. The summed E-state index contributed by atoms with van der Waals surface area (Å²) in [6, 6.07) is 54.1. The molecule has 0 amide bonds. The largest absolute Gasteiger partial charge is 0.506 e. The number of carbonyl (C=O) groups is 3. The number of aromatic nitrogens is 18. The molecule has 9 N–H and O–H groups in total. The van der Waals surface area contributed by atoms with Gasteiger partial charge >= 0.3 is 11.4 Å². The zero-order valence-electron chi connectivity index (χ0n) is 66.4. The number of non-ortho nitro benzene ring substituents is 2. The summed E-state index contributed by atoms with van der Waals surface area (Å²) in [4.78, 5) is 78.5. The number of hydrazone groups is 2. The molecule has 17 rings (SSSR count). The first kappa shape index (κ1) is 85.7. The van der Waals surface area contributed by atoms with Gasteiger partial charge in [-0.25, -0.2) is 0 Å². The Bertz CT molecular complexity index is 6930. The van der Waals surface area contributed by atoms with Crippen LogP contribution in [0, 0.1) is 40.5 Å². The number of rotatable bonds is 22. The van der Waals surface area contributed by atoms with Crippen molar-refractivity contribution in [1.82, 2.24) is 92.5 Å². The van der Waals surface area contributed by atoms with Crippen LogP contribution in [0.3, 0.4) is 0 Å². The molecule has 0 atom stereocenters. The molecule has 0 saturated heterocycles. The Morgan fingerprint density at radius 2 is 0.768 bits per heavy atom. The summed E-state index contributed by atoms with van der Waals surface area (Å²) in [5.41, 5.74) is 22.3. The van der Waals surface area contributed by atoms with Crippen LogP contribution in [-0.4, -0.2) is 190 Å². The van der Waals surface area contributed by atoms with E-state index in [0.717, 1.165) is 87.3 Å². The molecular formula is C78H67N35O12. The third-order valence-corrected chi connectivity index (χ3v) is 17.6. The topological polar surface area (TPSA) is 626 Å². The fraction of sp³-hybridized carbons (Fsp3) is 0.0897. The van der Waals surface area contributed by atoms with Gasteiger partial charge in [0.2, 0.25) is 0 Å². The van der Waals surface area contributed by atoms with E-state index in [1.165, 1.54) is 30.5 Å². The van der Waals surface area contributed by atoms with Gasteiger partial charge in [0.25, 0.3) is 11.4 Å². The maximum absolute atomic E-state index is 11.1. The number of phenols is 1. The smallest absolute Gasteiger partial charge is 0.301 e. The van der Waals surface area contributed by atoms with Gasteiger partial charge in [0.05, 0.1) is 72.2 Å². The highest BCUT2D eigenvalue weighted by Crippen LogP contribution is 2.38. The Morgan fingerprint density at radius 3 is 1.26 bits per heavy atom. The lowest BCUT2D eigenvalue weighted by molar-refractivity contribution is -0.393. The summed E-state index contributed by atoms with van der Waals surface area (Å²) < 4.78 is 0. The zero-order valence-corrected chi connectivity index (χ0v) is 66.4. The molecular weight excluding hydrogens is 1620 g/mol. The second-order valence-electron chi connectivity index (χ2n) is 26.5. The van der Waals surface area contributed by atoms with Crippen molar-refractivity contribution >= 4 is 182 Å². The number of H-pyrrole nitrogens is 6. The third-order valence-electron chi connectivity index (χ3n) is 17.6. The van der Waals surface area contributed by atoms with Crippen LogP contribution in [-0.2, 0) is 0 Å². The molecule has 0 radical (unpaired) electrons. The number of nitro benzene ring substituents is 4. The highest BCUT2D eigenvalue weighted by Gasteiger charge is 2.22. The number of azo groups is 3. The maximum Gasteiger partial charge on any atom is 0.301 e. The quantitative estimate of drug-likeness (QED) is 0.0100. The molecule has 0 aliphatic heterocycles. The molecule has 0 bridgehead atoms. The Morgan fingerprint density at radius 1 is 0.368 bits per heavy atom. The van der Waals surface area contributed by atoms with Gasteiger partial charge in [0, 0.05) is 76.8 Å². The summed E-state index contributed by atoms with van der Waals surface area (Å²) in [6.07, 6.45) is 3.78. The summed E-state index contributed by atoms with van der Waals surface area (Å²) in [6.45, 7) is 1.71. The molecule has 47 nitrogen and oxygen atoms in total. The monoisotopic (exact) mass is 1690 g/mol. The lowest BCUT2D eigenvalue weighted by Crippen LogP contribution is -2.08. The third kappa shape index (κ3) is 22.0. The van der Waals surface area contributed by atoms with E-state index >= 15 is 0 Å². The van der Waals surface area contributed by atoms with Gasteiger partial charge < -0.3 is 19.8 Å². The van der Waals surface area contributed by atoms with Crippen LogP contribution in [0.2, 0.25) is 0 Å². The van der Waals surface area contributed by atoms with E-state index in [1.807, 2.05) is 99.5 Å². The van der Waals surface area contributed by atoms with E-state index in [2.05, 4.69) is 144 Å². The number of benzene rings is 11. The molecule has 0 fully saturated rings. The fourth-order valence-corrected chi connectivity index (χ4v) is 11.1. The molecule has 6 aromatic heterocycles. The Kier molecular flexibility index (Phi) is 27.4. The average Bonchev–Trinajstić information content (AvgIpc) is 1.71. The molecule has 6 heterocycles. The van der Waals surface area contributed by atoms with Crippen molar-refractivity contribution in [3.63, 3.8) is 0 Å². The van der Waals surface area contributed by atoms with Crippen LogP contribution in [0.25, 0.3) is 66.2 Å². The van der Waals surface area contributed by atoms with Crippen molar-refractivity contribution in [3.05, 3.63) is 268 Å².